The Morgan fingerprint density at radius 2 is 1.79 bits per heavy atom. The number of hydrogen-bond acceptors (Lipinski definition) is 3. The molecule has 2 aliphatic rings. The first-order valence-electron chi connectivity index (χ1n) is 8.87. The molecule has 1 atom stereocenters. The van der Waals surface area contributed by atoms with Crippen LogP contribution in [0.2, 0.25) is 5.02 Å². The predicted octanol–water partition coefficient (Wildman–Crippen LogP) is 3.63. The lowest BCUT2D eigenvalue weighted by Crippen LogP contribution is -2.51. The summed E-state index contributed by atoms with van der Waals surface area (Å²) in [6.45, 7) is 2.86. The lowest BCUT2D eigenvalue weighted by molar-refractivity contribution is -0.138. The molecule has 1 amide bonds. The number of amides is 1. The summed E-state index contributed by atoms with van der Waals surface area (Å²) in [4.78, 5) is 16.8. The van der Waals surface area contributed by atoms with Gasteiger partial charge in [-0.25, -0.2) is 0 Å². The summed E-state index contributed by atoms with van der Waals surface area (Å²) in [6.07, 6.45) is 5.71. The van der Waals surface area contributed by atoms with Crippen LogP contribution in [0.3, 0.4) is 0 Å². The van der Waals surface area contributed by atoms with Crippen LogP contribution in [0.5, 0.6) is 0 Å². The second kappa shape index (κ2) is 8.00. The number of benzene rings is 1. The Morgan fingerprint density at radius 1 is 1.12 bits per heavy atom. The number of hydrogen-bond donors (Lipinski definition) is 0. The molecule has 0 radical (unpaired) electrons. The molecule has 4 nitrogen and oxygen atoms in total. The van der Waals surface area contributed by atoms with Gasteiger partial charge in [0.25, 0.3) is 0 Å². The van der Waals surface area contributed by atoms with Gasteiger partial charge in [-0.1, -0.05) is 49.1 Å². The number of carbonyl (C=O) groups excluding carboxylic acids is 1. The minimum atomic E-state index is -0.342. The number of piperazine rings is 1. The van der Waals surface area contributed by atoms with Crippen molar-refractivity contribution in [3.8, 4) is 6.07 Å². The topological polar surface area (TPSA) is 47.3 Å². The van der Waals surface area contributed by atoms with E-state index in [4.69, 9.17) is 11.6 Å². The van der Waals surface area contributed by atoms with Crippen LogP contribution in [-0.2, 0) is 4.79 Å². The van der Waals surface area contributed by atoms with Crippen molar-refractivity contribution in [2.45, 2.75) is 38.1 Å². The molecule has 1 aromatic rings. The molecule has 1 aromatic carbocycles. The smallest absolute Gasteiger partial charge is 0.225 e. The second-order valence-corrected chi connectivity index (χ2v) is 7.16. The first-order valence-corrected chi connectivity index (χ1v) is 9.25. The minimum Gasteiger partial charge on any atom is -0.340 e. The highest BCUT2D eigenvalue weighted by Gasteiger charge is 2.31. The van der Waals surface area contributed by atoms with E-state index in [1.165, 1.54) is 19.3 Å². The Labute approximate surface area is 149 Å². The molecule has 0 aromatic heterocycles. The molecule has 128 valence electrons. The first kappa shape index (κ1) is 17.3. The highest BCUT2D eigenvalue weighted by atomic mass is 35.5. The average Bonchev–Trinajstić information content (AvgIpc) is 2.64. The van der Waals surface area contributed by atoms with Crippen molar-refractivity contribution in [2.75, 3.05) is 26.2 Å². The summed E-state index contributed by atoms with van der Waals surface area (Å²) in [5.41, 5.74) is 0.855. The van der Waals surface area contributed by atoms with E-state index in [2.05, 4.69) is 11.0 Å². The zero-order valence-corrected chi connectivity index (χ0v) is 14.7. The molecule has 1 aliphatic carbocycles. The summed E-state index contributed by atoms with van der Waals surface area (Å²) >= 11 is 6.26. The number of halogens is 1. The number of nitrogens with zero attached hydrogens (tertiary/aromatic N) is 3. The zero-order valence-electron chi connectivity index (χ0n) is 14.0. The molecule has 0 N–H and O–H groups in total. The third kappa shape index (κ3) is 3.74. The van der Waals surface area contributed by atoms with E-state index in [0.717, 1.165) is 31.5 Å². The molecule has 5 heteroatoms. The average molecular weight is 346 g/mol. The van der Waals surface area contributed by atoms with Crippen molar-refractivity contribution in [1.82, 2.24) is 9.80 Å². The maximum atomic E-state index is 12.6. The van der Waals surface area contributed by atoms with Crippen molar-refractivity contribution in [1.29, 1.82) is 5.26 Å². The van der Waals surface area contributed by atoms with Gasteiger partial charge in [-0.3, -0.25) is 9.69 Å². The van der Waals surface area contributed by atoms with E-state index in [1.807, 2.05) is 29.2 Å². The van der Waals surface area contributed by atoms with Gasteiger partial charge < -0.3 is 4.90 Å². The van der Waals surface area contributed by atoms with Crippen LogP contribution >= 0.6 is 11.6 Å². The Hall–Kier alpha value is -1.57. The van der Waals surface area contributed by atoms with Crippen LogP contribution < -0.4 is 0 Å². The number of carbonyl (C=O) groups is 1. The van der Waals surface area contributed by atoms with Crippen molar-refractivity contribution < 1.29 is 4.79 Å². The van der Waals surface area contributed by atoms with E-state index in [0.29, 0.717) is 24.0 Å². The molecule has 0 spiro atoms. The summed E-state index contributed by atoms with van der Waals surface area (Å²) in [5, 5.41) is 10.2. The zero-order chi connectivity index (χ0) is 16.9. The van der Waals surface area contributed by atoms with E-state index in [1.54, 1.807) is 0 Å². The Kier molecular flexibility index (Phi) is 5.76. The van der Waals surface area contributed by atoms with Gasteiger partial charge in [0.2, 0.25) is 5.91 Å². The summed E-state index contributed by atoms with van der Waals surface area (Å²) in [6, 6.07) is 9.56. The maximum Gasteiger partial charge on any atom is 0.225 e. The molecule has 2 fully saturated rings. The Balaban J connectivity index is 1.61. The summed E-state index contributed by atoms with van der Waals surface area (Å²) < 4.78 is 0. The fourth-order valence-corrected chi connectivity index (χ4v) is 4.09. The largest absolute Gasteiger partial charge is 0.340 e. The standard InChI is InChI=1S/C19H24ClN3O/c20-17-9-5-4-8-16(17)18(14-21)22-10-12-23(13-11-22)19(24)15-6-2-1-3-7-15/h4-5,8-9,15,18H,1-3,6-7,10-13H2. The first-order chi connectivity index (χ1) is 11.7. The lowest BCUT2D eigenvalue weighted by atomic mass is 9.88. The molecule has 1 saturated carbocycles. The highest BCUT2D eigenvalue weighted by molar-refractivity contribution is 6.31. The van der Waals surface area contributed by atoms with E-state index in [-0.39, 0.29) is 12.0 Å². The van der Waals surface area contributed by atoms with Crippen LogP contribution in [0.1, 0.15) is 43.7 Å². The monoisotopic (exact) mass is 345 g/mol. The number of rotatable bonds is 3. The van der Waals surface area contributed by atoms with Crippen molar-refractivity contribution in [2.24, 2.45) is 5.92 Å². The highest BCUT2D eigenvalue weighted by Crippen LogP contribution is 2.29. The van der Waals surface area contributed by atoms with Crippen LogP contribution in [0.25, 0.3) is 0 Å². The summed E-state index contributed by atoms with van der Waals surface area (Å²) in [5.74, 6) is 0.543. The van der Waals surface area contributed by atoms with Crippen LogP contribution in [0.15, 0.2) is 24.3 Å². The van der Waals surface area contributed by atoms with Gasteiger partial charge >= 0.3 is 0 Å². The van der Waals surface area contributed by atoms with Gasteiger partial charge in [-0.15, -0.1) is 0 Å². The second-order valence-electron chi connectivity index (χ2n) is 6.75. The van der Waals surface area contributed by atoms with Crippen LogP contribution in [0, 0.1) is 17.2 Å². The van der Waals surface area contributed by atoms with Gasteiger partial charge in [0.1, 0.15) is 6.04 Å². The van der Waals surface area contributed by atoms with Gasteiger partial charge in [0.15, 0.2) is 0 Å². The quantitative estimate of drug-likeness (QED) is 0.840. The SMILES string of the molecule is N#CC(c1ccccc1Cl)N1CCN(C(=O)C2CCCCC2)CC1. The third-order valence-corrected chi connectivity index (χ3v) is 5.61. The van der Waals surface area contributed by atoms with Crippen LogP contribution in [0.4, 0.5) is 0 Å². The van der Waals surface area contributed by atoms with E-state index >= 15 is 0 Å². The van der Waals surface area contributed by atoms with Gasteiger partial charge in [0, 0.05) is 42.7 Å². The molecular formula is C19H24ClN3O. The predicted molar refractivity (Wildman–Crippen MR) is 94.5 cm³/mol. The molecule has 3 rings (SSSR count). The molecule has 0 bridgehead atoms. The molecule has 1 heterocycles. The fraction of sp³-hybridized carbons (Fsp3) is 0.579. The van der Waals surface area contributed by atoms with Gasteiger partial charge in [-0.05, 0) is 18.9 Å². The molecular weight excluding hydrogens is 322 g/mol. The van der Waals surface area contributed by atoms with Crippen molar-refractivity contribution in [3.63, 3.8) is 0 Å². The van der Waals surface area contributed by atoms with E-state index < -0.39 is 0 Å². The Bertz CT molecular complexity index is 613. The van der Waals surface area contributed by atoms with E-state index in [9.17, 15) is 10.1 Å². The molecule has 24 heavy (non-hydrogen) atoms. The fourth-order valence-electron chi connectivity index (χ4n) is 3.85. The Morgan fingerprint density at radius 3 is 2.42 bits per heavy atom. The normalized spacial score (nSPS) is 21.2. The maximum absolute atomic E-state index is 12.6. The lowest BCUT2D eigenvalue weighted by Gasteiger charge is -2.39. The minimum absolute atomic E-state index is 0.223. The van der Waals surface area contributed by atoms with Crippen LogP contribution in [-0.4, -0.2) is 41.9 Å². The van der Waals surface area contributed by atoms with Gasteiger partial charge in [0.05, 0.1) is 6.07 Å². The van der Waals surface area contributed by atoms with Crippen molar-refractivity contribution >= 4 is 17.5 Å². The summed E-state index contributed by atoms with van der Waals surface area (Å²) in [7, 11) is 0. The molecule has 1 aliphatic heterocycles. The molecule has 1 saturated heterocycles. The third-order valence-electron chi connectivity index (χ3n) is 5.27. The van der Waals surface area contributed by atoms with Crippen molar-refractivity contribution in [3.05, 3.63) is 34.9 Å². The number of nitriles is 1. The van der Waals surface area contributed by atoms with Gasteiger partial charge in [-0.2, -0.15) is 5.26 Å². The molecule has 1 unspecified atom stereocenters.